The summed E-state index contributed by atoms with van der Waals surface area (Å²) in [5.41, 5.74) is 0.299. The Hall–Kier alpha value is 0.650. The van der Waals surface area contributed by atoms with Crippen LogP contribution in [0.4, 0.5) is 0 Å². The lowest BCUT2D eigenvalue weighted by Gasteiger charge is -2.33. The van der Waals surface area contributed by atoms with E-state index in [1.54, 1.807) is 0 Å². The fourth-order valence-corrected chi connectivity index (χ4v) is 3.44. The van der Waals surface area contributed by atoms with Gasteiger partial charge in [0.15, 0.2) is 0 Å². The molecule has 1 N–H and O–H groups in total. The van der Waals surface area contributed by atoms with Crippen LogP contribution in [0.25, 0.3) is 0 Å². The van der Waals surface area contributed by atoms with Gasteiger partial charge < -0.3 is 10.1 Å². The molecule has 1 heterocycles. The third kappa shape index (κ3) is 3.57. The van der Waals surface area contributed by atoms with Crippen LogP contribution in [0.3, 0.4) is 0 Å². The number of rotatable bonds is 5. The second-order valence-electron chi connectivity index (χ2n) is 5.27. The maximum Gasteiger partial charge on any atom is 0.0708 e. The van der Waals surface area contributed by atoms with Gasteiger partial charge in [-0.15, -0.1) is 0 Å². The molecule has 94 valence electrons. The second-order valence-corrected chi connectivity index (χ2v) is 6.35. The van der Waals surface area contributed by atoms with Crippen LogP contribution < -0.4 is 5.32 Å². The Balaban J connectivity index is 1.66. The van der Waals surface area contributed by atoms with Crippen LogP contribution in [0, 0.1) is 0 Å². The van der Waals surface area contributed by atoms with E-state index in [1.165, 1.54) is 55.8 Å². The topological polar surface area (TPSA) is 21.3 Å². The average molecular weight is 337 g/mol. The zero-order valence-electron chi connectivity index (χ0n) is 10.1. The lowest BCUT2D eigenvalue weighted by atomic mass is 9.83. The van der Waals surface area contributed by atoms with Crippen molar-refractivity contribution in [2.45, 2.75) is 63.1 Å². The van der Waals surface area contributed by atoms with Gasteiger partial charge in [0.1, 0.15) is 0 Å². The molecular weight excluding hydrogens is 313 g/mol. The lowest BCUT2D eigenvalue weighted by molar-refractivity contribution is -0.0622. The highest BCUT2D eigenvalue weighted by molar-refractivity contribution is 14.1. The Kier molecular flexibility index (Phi) is 5.36. The molecule has 1 saturated carbocycles. The molecule has 0 radical (unpaired) electrons. The zero-order valence-corrected chi connectivity index (χ0v) is 12.3. The molecular formula is C13H24INO. The monoisotopic (exact) mass is 337 g/mol. The maximum absolute atomic E-state index is 6.31. The molecule has 0 amide bonds. The van der Waals surface area contributed by atoms with Crippen LogP contribution >= 0.6 is 22.6 Å². The predicted octanol–water partition coefficient (Wildman–Crippen LogP) is 3.28. The van der Waals surface area contributed by atoms with E-state index in [0.29, 0.717) is 11.7 Å². The van der Waals surface area contributed by atoms with Crippen LogP contribution in [-0.2, 0) is 4.74 Å². The second kappa shape index (κ2) is 6.55. The van der Waals surface area contributed by atoms with Crippen LogP contribution in [0.5, 0.6) is 0 Å². The number of nitrogens with one attached hydrogen (secondary N) is 1. The summed E-state index contributed by atoms with van der Waals surface area (Å²) in [6, 6.07) is 0. The fraction of sp³-hybridized carbons (Fsp3) is 1.00. The molecule has 2 aliphatic rings. The Labute approximate surface area is 113 Å². The van der Waals surface area contributed by atoms with E-state index >= 15 is 0 Å². The summed E-state index contributed by atoms with van der Waals surface area (Å²) in [6.45, 7) is 2.22. The molecule has 1 atom stereocenters. The molecule has 1 aliphatic heterocycles. The van der Waals surface area contributed by atoms with Crippen molar-refractivity contribution >= 4 is 22.6 Å². The molecule has 1 unspecified atom stereocenters. The molecule has 16 heavy (non-hydrogen) atoms. The summed E-state index contributed by atoms with van der Waals surface area (Å²) in [4.78, 5) is 0. The Bertz CT molecular complexity index is 204. The van der Waals surface area contributed by atoms with Crippen LogP contribution in [0.2, 0.25) is 0 Å². The first-order valence-electron chi connectivity index (χ1n) is 6.79. The van der Waals surface area contributed by atoms with Crippen molar-refractivity contribution in [3.8, 4) is 0 Å². The number of hydrogen-bond acceptors (Lipinski definition) is 2. The summed E-state index contributed by atoms with van der Waals surface area (Å²) >= 11 is 2.43. The van der Waals surface area contributed by atoms with E-state index in [1.807, 2.05) is 0 Å². The van der Waals surface area contributed by atoms with Gasteiger partial charge in [0, 0.05) is 11.0 Å². The van der Waals surface area contributed by atoms with Crippen molar-refractivity contribution in [1.82, 2.24) is 5.32 Å². The largest absolute Gasteiger partial charge is 0.370 e. The van der Waals surface area contributed by atoms with E-state index in [0.717, 1.165) is 13.1 Å². The first kappa shape index (κ1) is 13.1. The Morgan fingerprint density at radius 2 is 2.00 bits per heavy atom. The highest BCUT2D eigenvalue weighted by atomic mass is 127. The molecule has 0 aromatic heterocycles. The molecule has 1 aliphatic carbocycles. The van der Waals surface area contributed by atoms with Gasteiger partial charge in [-0.3, -0.25) is 0 Å². The minimum absolute atomic E-state index is 0.299. The van der Waals surface area contributed by atoms with Gasteiger partial charge in [0.05, 0.1) is 11.7 Å². The van der Waals surface area contributed by atoms with Crippen molar-refractivity contribution in [3.63, 3.8) is 0 Å². The highest BCUT2D eigenvalue weighted by Crippen LogP contribution is 2.41. The first-order chi connectivity index (χ1) is 7.85. The minimum atomic E-state index is 0.299. The summed E-state index contributed by atoms with van der Waals surface area (Å²) in [5.74, 6) is 0. The average Bonchev–Trinajstić information content (AvgIpc) is 2.69. The van der Waals surface area contributed by atoms with Crippen molar-refractivity contribution in [2.24, 2.45) is 0 Å². The zero-order chi connectivity index (χ0) is 11.3. The highest BCUT2D eigenvalue weighted by Gasteiger charge is 2.40. The standard InChI is InChI=1S/C13H24INO/c14-9-4-10-15-11-12-5-8-13(16-12)6-2-1-3-7-13/h12,15H,1-11H2. The van der Waals surface area contributed by atoms with E-state index in [9.17, 15) is 0 Å². The fourth-order valence-electron chi connectivity index (χ4n) is 3.06. The van der Waals surface area contributed by atoms with Crippen molar-refractivity contribution in [2.75, 3.05) is 17.5 Å². The van der Waals surface area contributed by atoms with Gasteiger partial charge in [-0.25, -0.2) is 0 Å². The quantitative estimate of drug-likeness (QED) is 0.472. The van der Waals surface area contributed by atoms with Crippen molar-refractivity contribution in [3.05, 3.63) is 0 Å². The summed E-state index contributed by atoms with van der Waals surface area (Å²) in [5, 5.41) is 3.52. The Morgan fingerprint density at radius 1 is 1.19 bits per heavy atom. The van der Waals surface area contributed by atoms with Crippen LogP contribution in [0.1, 0.15) is 51.4 Å². The maximum atomic E-state index is 6.31. The van der Waals surface area contributed by atoms with E-state index in [2.05, 4.69) is 27.9 Å². The molecule has 0 aromatic carbocycles. The van der Waals surface area contributed by atoms with E-state index in [-0.39, 0.29) is 0 Å². The molecule has 3 heteroatoms. The molecule has 2 nitrogen and oxygen atoms in total. The molecule has 2 fully saturated rings. The van der Waals surface area contributed by atoms with Gasteiger partial charge in [-0.2, -0.15) is 0 Å². The third-order valence-electron chi connectivity index (χ3n) is 3.96. The molecule has 0 aromatic rings. The van der Waals surface area contributed by atoms with Crippen LogP contribution in [-0.4, -0.2) is 29.2 Å². The first-order valence-corrected chi connectivity index (χ1v) is 8.32. The predicted molar refractivity (Wildman–Crippen MR) is 76.3 cm³/mol. The summed E-state index contributed by atoms with van der Waals surface area (Å²) in [6.07, 6.45) is 11.2. The number of ether oxygens (including phenoxy) is 1. The van der Waals surface area contributed by atoms with E-state index < -0.39 is 0 Å². The summed E-state index contributed by atoms with van der Waals surface area (Å²) in [7, 11) is 0. The lowest BCUT2D eigenvalue weighted by Crippen LogP contribution is -2.34. The number of hydrogen-bond donors (Lipinski definition) is 1. The smallest absolute Gasteiger partial charge is 0.0708 e. The normalized spacial score (nSPS) is 28.7. The van der Waals surface area contributed by atoms with Gasteiger partial charge in [0.2, 0.25) is 0 Å². The summed E-state index contributed by atoms with van der Waals surface area (Å²) < 4.78 is 7.56. The van der Waals surface area contributed by atoms with Gasteiger partial charge in [-0.05, 0) is 38.6 Å². The van der Waals surface area contributed by atoms with Gasteiger partial charge in [0.25, 0.3) is 0 Å². The minimum Gasteiger partial charge on any atom is -0.370 e. The van der Waals surface area contributed by atoms with Gasteiger partial charge in [-0.1, -0.05) is 41.9 Å². The Morgan fingerprint density at radius 3 is 2.75 bits per heavy atom. The number of alkyl halides is 1. The van der Waals surface area contributed by atoms with Crippen molar-refractivity contribution < 1.29 is 4.74 Å². The molecule has 1 saturated heterocycles. The SMILES string of the molecule is ICCCNCC1CCC2(CCCCC2)O1. The van der Waals surface area contributed by atoms with Crippen molar-refractivity contribution in [1.29, 1.82) is 0 Å². The molecule has 0 bridgehead atoms. The van der Waals surface area contributed by atoms with E-state index in [4.69, 9.17) is 4.74 Å². The van der Waals surface area contributed by atoms with Gasteiger partial charge >= 0.3 is 0 Å². The molecule has 2 rings (SSSR count). The van der Waals surface area contributed by atoms with Crippen LogP contribution in [0.15, 0.2) is 0 Å². The molecule has 1 spiro atoms. The third-order valence-corrected chi connectivity index (χ3v) is 4.73. The number of halogens is 1.